The summed E-state index contributed by atoms with van der Waals surface area (Å²) in [5, 5.41) is 0.768. The first-order valence-electron chi connectivity index (χ1n) is 8.04. The fraction of sp³-hybridized carbons (Fsp3) is 0.0500. The fourth-order valence-corrected chi connectivity index (χ4v) is 3.22. The SMILES string of the molecule is Fc1ccc2c(c1)c1nc3ccccc3nc1n2Cc1ccccn1. The van der Waals surface area contributed by atoms with E-state index < -0.39 is 0 Å². The lowest BCUT2D eigenvalue weighted by atomic mass is 10.2. The summed E-state index contributed by atoms with van der Waals surface area (Å²) in [7, 11) is 0. The van der Waals surface area contributed by atoms with E-state index in [-0.39, 0.29) is 5.82 Å². The van der Waals surface area contributed by atoms with Gasteiger partial charge in [0.1, 0.15) is 11.3 Å². The van der Waals surface area contributed by atoms with E-state index in [0.717, 1.165) is 33.3 Å². The predicted molar refractivity (Wildman–Crippen MR) is 95.8 cm³/mol. The molecule has 3 heterocycles. The topological polar surface area (TPSA) is 43.6 Å². The van der Waals surface area contributed by atoms with Crippen LogP contribution in [0.15, 0.2) is 66.9 Å². The molecule has 0 radical (unpaired) electrons. The van der Waals surface area contributed by atoms with E-state index in [1.807, 2.05) is 47.0 Å². The summed E-state index contributed by atoms with van der Waals surface area (Å²) in [4.78, 5) is 13.9. The van der Waals surface area contributed by atoms with Crippen LogP contribution in [-0.4, -0.2) is 19.5 Å². The minimum atomic E-state index is -0.278. The van der Waals surface area contributed by atoms with E-state index in [1.54, 1.807) is 12.3 Å². The molecule has 0 aliphatic heterocycles. The lowest BCUT2D eigenvalue weighted by molar-refractivity contribution is 0.629. The molecule has 0 atom stereocenters. The molecule has 0 unspecified atom stereocenters. The van der Waals surface area contributed by atoms with Crippen LogP contribution in [0.2, 0.25) is 0 Å². The van der Waals surface area contributed by atoms with Gasteiger partial charge in [0.05, 0.1) is 28.8 Å². The summed E-state index contributed by atoms with van der Waals surface area (Å²) in [5.41, 5.74) is 4.89. The van der Waals surface area contributed by atoms with E-state index in [1.165, 1.54) is 12.1 Å². The maximum atomic E-state index is 13.8. The third-order valence-electron chi connectivity index (χ3n) is 4.36. The number of nitrogens with zero attached hydrogens (tertiary/aromatic N) is 4. The largest absolute Gasteiger partial charge is 0.318 e. The molecule has 0 N–H and O–H groups in total. The highest BCUT2D eigenvalue weighted by atomic mass is 19.1. The second-order valence-electron chi connectivity index (χ2n) is 5.95. The van der Waals surface area contributed by atoms with Gasteiger partial charge in [0, 0.05) is 11.6 Å². The molecule has 0 saturated carbocycles. The normalized spacial score (nSPS) is 11.6. The van der Waals surface area contributed by atoms with Gasteiger partial charge in [-0.15, -0.1) is 0 Å². The van der Waals surface area contributed by atoms with Crippen molar-refractivity contribution >= 4 is 33.1 Å². The van der Waals surface area contributed by atoms with E-state index in [9.17, 15) is 4.39 Å². The molecule has 2 aromatic carbocycles. The molecule has 25 heavy (non-hydrogen) atoms. The monoisotopic (exact) mass is 328 g/mol. The summed E-state index contributed by atoms with van der Waals surface area (Å²) in [6.45, 7) is 0.555. The van der Waals surface area contributed by atoms with Crippen molar-refractivity contribution in [3.05, 3.63) is 78.4 Å². The smallest absolute Gasteiger partial charge is 0.160 e. The first-order chi connectivity index (χ1) is 12.3. The Bertz CT molecular complexity index is 1230. The van der Waals surface area contributed by atoms with Crippen molar-refractivity contribution in [3.8, 4) is 0 Å². The highest BCUT2D eigenvalue weighted by molar-refractivity contribution is 6.06. The van der Waals surface area contributed by atoms with Gasteiger partial charge < -0.3 is 4.57 Å². The lowest BCUT2D eigenvalue weighted by Crippen LogP contribution is -2.02. The first-order valence-corrected chi connectivity index (χ1v) is 8.04. The summed E-state index contributed by atoms with van der Waals surface area (Å²) < 4.78 is 15.9. The standard InChI is InChI=1S/C20H13FN4/c21-13-8-9-18-15(11-13)19-20(24-17-7-2-1-6-16(17)23-19)25(18)12-14-5-3-4-10-22-14/h1-11H,12H2. The van der Waals surface area contributed by atoms with Gasteiger partial charge in [0.2, 0.25) is 0 Å². The fourth-order valence-electron chi connectivity index (χ4n) is 3.22. The van der Waals surface area contributed by atoms with Crippen molar-refractivity contribution in [2.45, 2.75) is 6.54 Å². The molecule has 5 aromatic rings. The van der Waals surface area contributed by atoms with E-state index >= 15 is 0 Å². The number of hydrogen-bond acceptors (Lipinski definition) is 3. The summed E-state index contributed by atoms with van der Waals surface area (Å²) in [6.07, 6.45) is 1.77. The van der Waals surface area contributed by atoms with Gasteiger partial charge >= 0.3 is 0 Å². The Morgan fingerprint density at radius 2 is 1.68 bits per heavy atom. The van der Waals surface area contributed by atoms with Crippen molar-refractivity contribution < 1.29 is 4.39 Å². The molecule has 0 bridgehead atoms. The van der Waals surface area contributed by atoms with Crippen molar-refractivity contribution in [1.29, 1.82) is 0 Å². The van der Waals surface area contributed by atoms with Crippen LogP contribution in [-0.2, 0) is 6.54 Å². The Labute approximate surface area is 142 Å². The van der Waals surface area contributed by atoms with E-state index in [4.69, 9.17) is 9.97 Å². The number of benzene rings is 2. The Hall–Kier alpha value is -3.34. The number of para-hydroxylation sites is 2. The maximum absolute atomic E-state index is 13.8. The first kappa shape index (κ1) is 14.0. The third-order valence-corrected chi connectivity index (χ3v) is 4.36. The maximum Gasteiger partial charge on any atom is 0.160 e. The van der Waals surface area contributed by atoms with Gasteiger partial charge in [0.25, 0.3) is 0 Å². The Morgan fingerprint density at radius 3 is 2.48 bits per heavy atom. The number of hydrogen-bond donors (Lipinski definition) is 0. The van der Waals surface area contributed by atoms with Crippen molar-refractivity contribution in [3.63, 3.8) is 0 Å². The van der Waals surface area contributed by atoms with Gasteiger partial charge in [-0.3, -0.25) is 4.98 Å². The van der Waals surface area contributed by atoms with Gasteiger partial charge in [-0.1, -0.05) is 18.2 Å². The number of rotatable bonds is 2. The second-order valence-corrected chi connectivity index (χ2v) is 5.95. The summed E-state index contributed by atoms with van der Waals surface area (Å²) in [5.74, 6) is -0.278. The Balaban J connectivity index is 1.88. The van der Waals surface area contributed by atoms with Gasteiger partial charge in [-0.2, -0.15) is 0 Å². The van der Waals surface area contributed by atoms with Crippen LogP contribution >= 0.6 is 0 Å². The minimum Gasteiger partial charge on any atom is -0.318 e. The third kappa shape index (κ3) is 2.24. The Kier molecular flexibility index (Phi) is 3.00. The molecular formula is C20H13FN4. The highest BCUT2D eigenvalue weighted by Crippen LogP contribution is 2.29. The van der Waals surface area contributed by atoms with Crippen LogP contribution in [0.25, 0.3) is 33.1 Å². The molecule has 0 fully saturated rings. The molecule has 0 spiro atoms. The number of pyridine rings is 1. The molecule has 0 amide bonds. The van der Waals surface area contributed by atoms with Crippen molar-refractivity contribution in [2.75, 3.05) is 0 Å². The van der Waals surface area contributed by atoms with Crippen LogP contribution in [0.4, 0.5) is 4.39 Å². The summed E-state index contributed by atoms with van der Waals surface area (Å²) >= 11 is 0. The van der Waals surface area contributed by atoms with E-state index in [2.05, 4.69) is 4.98 Å². The quantitative estimate of drug-likeness (QED) is 0.485. The average Bonchev–Trinajstić information content (AvgIpc) is 2.93. The lowest BCUT2D eigenvalue weighted by Gasteiger charge is -2.06. The molecule has 0 saturated heterocycles. The zero-order chi connectivity index (χ0) is 16.8. The zero-order valence-corrected chi connectivity index (χ0v) is 13.2. The number of halogens is 1. The summed E-state index contributed by atoms with van der Waals surface area (Å²) in [6, 6.07) is 18.3. The molecule has 120 valence electrons. The minimum absolute atomic E-state index is 0.278. The van der Waals surface area contributed by atoms with Crippen LogP contribution in [0.3, 0.4) is 0 Å². The molecule has 0 aliphatic carbocycles. The molecule has 3 aromatic heterocycles. The van der Waals surface area contributed by atoms with Crippen LogP contribution in [0.1, 0.15) is 5.69 Å². The van der Waals surface area contributed by atoms with Gasteiger partial charge in [-0.25, -0.2) is 14.4 Å². The molecular weight excluding hydrogens is 315 g/mol. The van der Waals surface area contributed by atoms with Gasteiger partial charge in [0.15, 0.2) is 5.65 Å². The van der Waals surface area contributed by atoms with E-state index in [0.29, 0.717) is 12.1 Å². The van der Waals surface area contributed by atoms with Crippen LogP contribution in [0.5, 0.6) is 0 Å². The van der Waals surface area contributed by atoms with Gasteiger partial charge in [-0.05, 0) is 42.5 Å². The number of aromatic nitrogens is 4. The van der Waals surface area contributed by atoms with Crippen LogP contribution < -0.4 is 0 Å². The zero-order valence-electron chi connectivity index (χ0n) is 13.2. The second kappa shape index (κ2) is 5.34. The molecule has 4 nitrogen and oxygen atoms in total. The van der Waals surface area contributed by atoms with Crippen molar-refractivity contribution in [1.82, 2.24) is 19.5 Å². The molecule has 5 rings (SSSR count). The predicted octanol–water partition coefficient (Wildman–Crippen LogP) is 4.32. The number of fused-ring (bicyclic) bond motifs is 4. The van der Waals surface area contributed by atoms with Crippen molar-refractivity contribution in [2.24, 2.45) is 0 Å². The molecule has 5 heteroatoms. The Morgan fingerprint density at radius 1 is 0.880 bits per heavy atom. The average molecular weight is 328 g/mol. The highest BCUT2D eigenvalue weighted by Gasteiger charge is 2.15. The van der Waals surface area contributed by atoms with Crippen LogP contribution in [0, 0.1) is 5.82 Å². The molecule has 0 aliphatic rings.